The highest BCUT2D eigenvalue weighted by Gasteiger charge is 2.47. The lowest BCUT2D eigenvalue weighted by Gasteiger charge is -2.31. The first-order chi connectivity index (χ1) is 10.4. The Balaban J connectivity index is 1.57. The third-order valence-electron chi connectivity index (χ3n) is 5.01. The van der Waals surface area contributed by atoms with Crippen LogP contribution in [-0.2, 0) is 14.6 Å². The molecule has 22 heavy (non-hydrogen) atoms. The largest absolute Gasteiger partial charge is 0.342 e. The molecule has 0 N–H and O–H groups in total. The molecule has 2 atom stereocenters. The molecule has 0 bridgehead atoms. The molecule has 1 saturated heterocycles. The maximum absolute atomic E-state index is 12.6. The molecule has 0 radical (unpaired) electrons. The van der Waals surface area contributed by atoms with Gasteiger partial charge in [0, 0.05) is 35.6 Å². The number of hydrogen-bond acceptors (Lipinski definition) is 4. The molecule has 1 saturated carbocycles. The Labute approximate surface area is 136 Å². The average molecular weight is 341 g/mol. The van der Waals surface area contributed by atoms with Gasteiger partial charge in [0.25, 0.3) is 0 Å². The Hall–Kier alpha value is -0.880. The summed E-state index contributed by atoms with van der Waals surface area (Å²) in [5.41, 5.74) is 1.29. The van der Waals surface area contributed by atoms with Crippen LogP contribution < -0.4 is 0 Å². The fourth-order valence-corrected chi connectivity index (χ4v) is 5.94. The van der Waals surface area contributed by atoms with E-state index in [4.69, 9.17) is 0 Å². The van der Waals surface area contributed by atoms with E-state index in [0.717, 1.165) is 6.42 Å². The lowest BCUT2D eigenvalue weighted by molar-refractivity contribution is -0.133. The van der Waals surface area contributed by atoms with Gasteiger partial charge in [-0.1, -0.05) is 6.92 Å². The van der Waals surface area contributed by atoms with Gasteiger partial charge in [-0.05, 0) is 43.2 Å². The number of amides is 1. The Morgan fingerprint density at radius 3 is 2.59 bits per heavy atom. The van der Waals surface area contributed by atoms with Crippen LogP contribution in [0.4, 0.5) is 0 Å². The molecule has 1 aromatic heterocycles. The number of carbonyl (C=O) groups excluding carboxylic acids is 1. The second-order valence-corrected chi connectivity index (χ2v) is 9.91. The van der Waals surface area contributed by atoms with E-state index in [1.807, 2.05) is 4.90 Å². The number of likely N-dealkylation sites (tertiary alicyclic amines) is 1. The van der Waals surface area contributed by atoms with Crippen LogP contribution in [0.1, 0.15) is 42.5 Å². The Morgan fingerprint density at radius 1 is 1.36 bits per heavy atom. The second kappa shape index (κ2) is 5.96. The predicted octanol–water partition coefficient (Wildman–Crippen LogP) is 2.59. The molecule has 1 aliphatic carbocycles. The van der Waals surface area contributed by atoms with Gasteiger partial charge in [0.05, 0.1) is 5.25 Å². The summed E-state index contributed by atoms with van der Waals surface area (Å²) in [5.74, 6) is 0.944. The normalized spacial score (nSPS) is 26.2. The summed E-state index contributed by atoms with van der Waals surface area (Å²) in [6, 6.07) is 2.11. The van der Waals surface area contributed by atoms with Gasteiger partial charge in [-0.25, -0.2) is 8.42 Å². The van der Waals surface area contributed by atoms with Gasteiger partial charge in [-0.2, -0.15) is 0 Å². The number of thiophene rings is 1. The first-order valence-electron chi connectivity index (χ1n) is 7.98. The monoisotopic (exact) mass is 341 g/mol. The topological polar surface area (TPSA) is 54.5 Å². The molecule has 3 rings (SSSR count). The zero-order valence-corrected chi connectivity index (χ0v) is 14.8. The van der Waals surface area contributed by atoms with E-state index >= 15 is 0 Å². The summed E-state index contributed by atoms with van der Waals surface area (Å²) in [4.78, 5) is 15.8. The molecule has 0 spiro atoms. The molecular formula is C16H23NO3S2. The van der Waals surface area contributed by atoms with Crippen LogP contribution in [0.25, 0.3) is 0 Å². The minimum Gasteiger partial charge on any atom is -0.342 e. The summed E-state index contributed by atoms with van der Waals surface area (Å²) in [6.07, 6.45) is 2.14. The molecule has 6 heteroatoms. The van der Waals surface area contributed by atoms with Crippen LogP contribution in [-0.4, -0.2) is 43.3 Å². The average Bonchev–Trinajstić information content (AvgIpc) is 3.20. The molecule has 2 aliphatic rings. The van der Waals surface area contributed by atoms with Crippen molar-refractivity contribution < 1.29 is 13.2 Å². The molecule has 4 nitrogen and oxygen atoms in total. The van der Waals surface area contributed by atoms with Crippen molar-refractivity contribution in [2.24, 2.45) is 5.92 Å². The van der Waals surface area contributed by atoms with Gasteiger partial charge >= 0.3 is 0 Å². The third kappa shape index (κ3) is 2.95. The van der Waals surface area contributed by atoms with Crippen molar-refractivity contribution in [2.75, 3.05) is 18.8 Å². The Kier molecular flexibility index (Phi) is 4.34. The van der Waals surface area contributed by atoms with Crippen LogP contribution in [0.5, 0.6) is 0 Å². The Morgan fingerprint density at radius 2 is 2.05 bits per heavy atom. The number of aryl methyl sites for hydroxylation is 1. The molecule has 1 aromatic rings. The van der Waals surface area contributed by atoms with Crippen LogP contribution in [0.2, 0.25) is 0 Å². The summed E-state index contributed by atoms with van der Waals surface area (Å²) < 4.78 is 23.8. The van der Waals surface area contributed by atoms with E-state index in [0.29, 0.717) is 31.8 Å². The lowest BCUT2D eigenvalue weighted by atomic mass is 10.1. The fraction of sp³-hybridized carbons (Fsp3) is 0.688. The van der Waals surface area contributed by atoms with Crippen molar-refractivity contribution in [2.45, 2.75) is 44.3 Å². The van der Waals surface area contributed by atoms with Crippen LogP contribution in [0, 0.1) is 12.8 Å². The highest BCUT2D eigenvalue weighted by Crippen LogP contribution is 2.51. The maximum atomic E-state index is 12.6. The van der Waals surface area contributed by atoms with E-state index in [1.54, 1.807) is 18.3 Å². The van der Waals surface area contributed by atoms with Crippen molar-refractivity contribution in [3.8, 4) is 0 Å². The molecule has 0 unspecified atom stereocenters. The third-order valence-corrected chi connectivity index (χ3v) is 8.45. The van der Waals surface area contributed by atoms with Crippen molar-refractivity contribution in [3.05, 3.63) is 21.9 Å². The van der Waals surface area contributed by atoms with Crippen LogP contribution in [0.3, 0.4) is 0 Å². The quantitative estimate of drug-likeness (QED) is 0.846. The second-order valence-electron chi connectivity index (χ2n) is 6.39. The minimum absolute atomic E-state index is 0.122. The molecule has 1 amide bonds. The molecular weight excluding hydrogens is 318 g/mol. The van der Waals surface area contributed by atoms with Gasteiger partial charge in [-0.15, -0.1) is 11.3 Å². The smallest absolute Gasteiger partial charge is 0.226 e. The zero-order chi connectivity index (χ0) is 15.9. The number of rotatable bonds is 4. The minimum atomic E-state index is -2.96. The highest BCUT2D eigenvalue weighted by atomic mass is 32.2. The number of piperidine rings is 1. The summed E-state index contributed by atoms with van der Waals surface area (Å²) in [6.45, 7) is 4.99. The molecule has 2 fully saturated rings. The van der Waals surface area contributed by atoms with Crippen molar-refractivity contribution in [1.29, 1.82) is 0 Å². The summed E-state index contributed by atoms with van der Waals surface area (Å²) in [7, 11) is -2.96. The number of sulfone groups is 1. The van der Waals surface area contributed by atoms with Gasteiger partial charge < -0.3 is 4.90 Å². The van der Waals surface area contributed by atoms with Gasteiger partial charge in [0.15, 0.2) is 9.84 Å². The van der Waals surface area contributed by atoms with E-state index in [2.05, 4.69) is 18.4 Å². The molecule has 1 aliphatic heterocycles. The first kappa shape index (κ1) is 16.0. The number of nitrogens with zero attached hydrogens (tertiary/aromatic N) is 1. The van der Waals surface area contributed by atoms with Gasteiger partial charge in [0.1, 0.15) is 0 Å². The molecule has 122 valence electrons. The summed E-state index contributed by atoms with van der Waals surface area (Å²) >= 11 is 1.74. The maximum Gasteiger partial charge on any atom is 0.226 e. The summed E-state index contributed by atoms with van der Waals surface area (Å²) in [5, 5.41) is 1.84. The zero-order valence-electron chi connectivity index (χ0n) is 13.1. The van der Waals surface area contributed by atoms with E-state index in [1.165, 1.54) is 10.4 Å². The van der Waals surface area contributed by atoms with E-state index in [-0.39, 0.29) is 22.8 Å². The van der Waals surface area contributed by atoms with Crippen molar-refractivity contribution >= 4 is 27.1 Å². The van der Waals surface area contributed by atoms with Crippen molar-refractivity contribution in [3.63, 3.8) is 0 Å². The first-order valence-corrected chi connectivity index (χ1v) is 10.6. The highest BCUT2D eigenvalue weighted by molar-refractivity contribution is 7.92. The predicted molar refractivity (Wildman–Crippen MR) is 89.0 cm³/mol. The van der Waals surface area contributed by atoms with Gasteiger partial charge in [-0.3, -0.25) is 4.79 Å². The van der Waals surface area contributed by atoms with Gasteiger partial charge in [0.2, 0.25) is 5.91 Å². The fourth-order valence-electron chi connectivity index (χ4n) is 3.43. The van der Waals surface area contributed by atoms with E-state index in [9.17, 15) is 13.2 Å². The standard InChI is InChI=1S/C16H23NO3S2/c1-3-22(19,20)12-4-7-17(8-5-12)16(18)14-10-13(14)15-11(2)6-9-21-15/h6,9,12-14H,3-5,7-8,10H2,1-2H3/t13-,14+/m0/s1. The van der Waals surface area contributed by atoms with E-state index < -0.39 is 9.84 Å². The SMILES string of the molecule is CCS(=O)(=O)C1CCN(C(=O)[C@@H]2C[C@@H]2c2sccc2C)CC1. The molecule has 2 heterocycles. The Bertz CT molecular complexity index is 657. The number of carbonyl (C=O) groups is 1. The number of hydrogen-bond donors (Lipinski definition) is 0. The lowest BCUT2D eigenvalue weighted by Crippen LogP contribution is -2.43. The van der Waals surface area contributed by atoms with Crippen LogP contribution in [0.15, 0.2) is 11.4 Å². The molecule has 0 aromatic carbocycles. The van der Waals surface area contributed by atoms with Crippen LogP contribution >= 0.6 is 11.3 Å². The van der Waals surface area contributed by atoms with Crippen molar-refractivity contribution in [1.82, 2.24) is 4.90 Å².